The number of nitriles is 1. The molecule has 0 spiro atoms. The van der Waals surface area contributed by atoms with Gasteiger partial charge in [-0.25, -0.2) is 14.6 Å². The first-order valence-electron chi connectivity index (χ1n) is 10.2. The van der Waals surface area contributed by atoms with E-state index in [2.05, 4.69) is 27.0 Å². The average molecular weight is 385 g/mol. The quantitative estimate of drug-likeness (QED) is 0.690. The van der Waals surface area contributed by atoms with E-state index < -0.39 is 0 Å². The molecule has 29 heavy (non-hydrogen) atoms. The highest BCUT2D eigenvalue weighted by atomic mass is 15.3. The lowest BCUT2D eigenvalue weighted by Gasteiger charge is -2.37. The van der Waals surface area contributed by atoms with Gasteiger partial charge in [-0.3, -0.25) is 0 Å². The minimum Gasteiger partial charge on any atom is -0.353 e. The Labute approximate surface area is 170 Å². The molecule has 0 unspecified atom stereocenters. The number of aromatic nitrogens is 4. The van der Waals surface area contributed by atoms with Gasteiger partial charge in [-0.05, 0) is 55.5 Å². The maximum atomic E-state index is 9.66. The summed E-state index contributed by atoms with van der Waals surface area (Å²) in [5, 5.41) is 13.9. The van der Waals surface area contributed by atoms with E-state index in [1.807, 2.05) is 30.5 Å². The third kappa shape index (κ3) is 3.42. The molecule has 0 amide bonds. The van der Waals surface area contributed by atoms with E-state index in [0.717, 1.165) is 56.5 Å². The molecule has 7 heteroatoms. The van der Waals surface area contributed by atoms with E-state index in [4.69, 9.17) is 9.97 Å². The van der Waals surface area contributed by atoms with E-state index >= 15 is 0 Å². The predicted octanol–water partition coefficient (Wildman–Crippen LogP) is 2.74. The number of anilines is 2. The Kier molecular flexibility index (Phi) is 4.60. The van der Waals surface area contributed by atoms with Crippen LogP contribution in [0.1, 0.15) is 29.7 Å². The number of nitrogens with zero attached hydrogens (tertiary/aromatic N) is 7. The molecule has 3 aromatic rings. The molecular formula is C22H23N7. The fourth-order valence-electron chi connectivity index (χ4n) is 4.21. The summed E-state index contributed by atoms with van der Waals surface area (Å²) < 4.78 is 1.77. The second-order valence-corrected chi connectivity index (χ2v) is 7.56. The van der Waals surface area contributed by atoms with Crippen molar-refractivity contribution in [2.75, 3.05) is 36.0 Å². The molecule has 4 heterocycles. The molecular weight excluding hydrogens is 362 g/mol. The maximum absolute atomic E-state index is 9.66. The Balaban J connectivity index is 1.34. The standard InChI is InChI=1S/C22H23N7/c23-16-18-15-17-5-1-2-6-19(17)25-22(18)28-13-11-27(12-14-28)20-7-3-8-21(26-20)29-10-4-9-24-29/h3-4,7-10,15H,1-2,5-6,11-14H2. The first-order valence-corrected chi connectivity index (χ1v) is 10.2. The van der Waals surface area contributed by atoms with Crippen molar-refractivity contribution < 1.29 is 0 Å². The van der Waals surface area contributed by atoms with Crippen LogP contribution in [0.2, 0.25) is 0 Å². The molecule has 0 saturated carbocycles. The number of aryl methyl sites for hydroxylation is 2. The summed E-state index contributed by atoms with van der Waals surface area (Å²) in [6.45, 7) is 3.35. The van der Waals surface area contributed by atoms with Crippen molar-refractivity contribution in [2.45, 2.75) is 25.7 Å². The van der Waals surface area contributed by atoms with Crippen molar-refractivity contribution in [3.63, 3.8) is 0 Å². The second kappa shape index (κ2) is 7.55. The molecule has 0 atom stereocenters. The predicted molar refractivity (Wildman–Crippen MR) is 111 cm³/mol. The van der Waals surface area contributed by atoms with Gasteiger partial charge in [0.15, 0.2) is 5.82 Å². The molecule has 146 valence electrons. The van der Waals surface area contributed by atoms with Crippen molar-refractivity contribution >= 4 is 11.6 Å². The summed E-state index contributed by atoms with van der Waals surface area (Å²) in [5.74, 6) is 2.63. The van der Waals surface area contributed by atoms with E-state index in [1.54, 1.807) is 10.9 Å². The van der Waals surface area contributed by atoms with Crippen LogP contribution >= 0.6 is 0 Å². The zero-order valence-corrected chi connectivity index (χ0v) is 16.3. The SMILES string of the molecule is N#Cc1cc2c(nc1N1CCN(c3cccc(-n4cccn4)n3)CC1)CCCC2. The fraction of sp³-hybridized carbons (Fsp3) is 0.364. The Morgan fingerprint density at radius 2 is 1.69 bits per heavy atom. The number of hydrogen-bond acceptors (Lipinski definition) is 6. The molecule has 0 bridgehead atoms. The third-order valence-electron chi connectivity index (χ3n) is 5.76. The molecule has 0 aromatic carbocycles. The van der Waals surface area contributed by atoms with Crippen LogP contribution in [0.5, 0.6) is 0 Å². The van der Waals surface area contributed by atoms with Crippen LogP contribution in [-0.2, 0) is 12.8 Å². The third-order valence-corrected chi connectivity index (χ3v) is 5.76. The van der Waals surface area contributed by atoms with Crippen LogP contribution in [0.4, 0.5) is 11.6 Å². The van der Waals surface area contributed by atoms with Crippen LogP contribution in [0, 0.1) is 11.3 Å². The van der Waals surface area contributed by atoms with Crippen molar-refractivity contribution in [2.24, 2.45) is 0 Å². The molecule has 0 N–H and O–H groups in total. The highest BCUT2D eigenvalue weighted by molar-refractivity contribution is 5.58. The zero-order valence-electron chi connectivity index (χ0n) is 16.3. The Bertz CT molecular complexity index is 1040. The molecule has 0 radical (unpaired) electrons. The summed E-state index contributed by atoms with van der Waals surface area (Å²) in [6.07, 6.45) is 8.11. The number of pyridine rings is 2. The van der Waals surface area contributed by atoms with E-state index in [-0.39, 0.29) is 0 Å². The molecule has 2 aliphatic rings. The summed E-state index contributed by atoms with van der Waals surface area (Å²) in [4.78, 5) is 14.2. The van der Waals surface area contributed by atoms with Crippen molar-refractivity contribution in [1.29, 1.82) is 5.26 Å². The fourth-order valence-corrected chi connectivity index (χ4v) is 4.21. The molecule has 7 nitrogen and oxygen atoms in total. The minimum atomic E-state index is 0.706. The van der Waals surface area contributed by atoms with Crippen molar-refractivity contribution in [1.82, 2.24) is 19.7 Å². The van der Waals surface area contributed by atoms with Gasteiger partial charge in [0.2, 0.25) is 0 Å². The van der Waals surface area contributed by atoms with Crippen LogP contribution in [0.15, 0.2) is 42.7 Å². The normalized spacial score (nSPS) is 16.4. The Hall–Kier alpha value is -3.40. The highest BCUT2D eigenvalue weighted by Gasteiger charge is 2.23. The highest BCUT2D eigenvalue weighted by Crippen LogP contribution is 2.27. The number of rotatable bonds is 3. The molecule has 1 fully saturated rings. The lowest BCUT2D eigenvalue weighted by molar-refractivity contribution is 0.629. The van der Waals surface area contributed by atoms with E-state index in [9.17, 15) is 5.26 Å². The van der Waals surface area contributed by atoms with Crippen LogP contribution in [0.3, 0.4) is 0 Å². The van der Waals surface area contributed by atoms with Gasteiger partial charge in [0, 0.05) is 44.3 Å². The van der Waals surface area contributed by atoms with Gasteiger partial charge in [-0.2, -0.15) is 10.4 Å². The second-order valence-electron chi connectivity index (χ2n) is 7.56. The smallest absolute Gasteiger partial charge is 0.155 e. The lowest BCUT2D eigenvalue weighted by Crippen LogP contribution is -2.47. The summed E-state index contributed by atoms with van der Waals surface area (Å²) >= 11 is 0. The number of hydrogen-bond donors (Lipinski definition) is 0. The van der Waals surface area contributed by atoms with E-state index in [0.29, 0.717) is 5.56 Å². The zero-order chi connectivity index (χ0) is 19.6. The van der Waals surface area contributed by atoms with Gasteiger partial charge < -0.3 is 9.80 Å². The van der Waals surface area contributed by atoms with Crippen LogP contribution in [-0.4, -0.2) is 45.9 Å². The molecule has 1 aliphatic heterocycles. The van der Waals surface area contributed by atoms with Crippen LogP contribution in [0.25, 0.3) is 5.82 Å². The van der Waals surface area contributed by atoms with Gasteiger partial charge >= 0.3 is 0 Å². The maximum Gasteiger partial charge on any atom is 0.155 e. The Morgan fingerprint density at radius 3 is 2.48 bits per heavy atom. The molecule has 5 rings (SSSR count). The molecule has 1 saturated heterocycles. The van der Waals surface area contributed by atoms with Crippen molar-refractivity contribution in [3.8, 4) is 11.9 Å². The van der Waals surface area contributed by atoms with Gasteiger partial charge in [-0.1, -0.05) is 6.07 Å². The Morgan fingerprint density at radius 1 is 0.897 bits per heavy atom. The average Bonchev–Trinajstić information content (AvgIpc) is 3.33. The first-order chi connectivity index (χ1) is 14.3. The van der Waals surface area contributed by atoms with E-state index in [1.165, 1.54) is 24.1 Å². The van der Waals surface area contributed by atoms with Gasteiger partial charge in [-0.15, -0.1) is 0 Å². The summed E-state index contributed by atoms with van der Waals surface area (Å²) in [6, 6.07) is 12.4. The summed E-state index contributed by atoms with van der Waals surface area (Å²) in [7, 11) is 0. The van der Waals surface area contributed by atoms with Gasteiger partial charge in [0.25, 0.3) is 0 Å². The topological polar surface area (TPSA) is 73.9 Å². The van der Waals surface area contributed by atoms with Gasteiger partial charge in [0.1, 0.15) is 17.7 Å². The number of piperazine rings is 1. The number of fused-ring (bicyclic) bond motifs is 1. The first kappa shape index (κ1) is 17.7. The summed E-state index contributed by atoms with van der Waals surface area (Å²) in [5.41, 5.74) is 3.15. The monoisotopic (exact) mass is 385 g/mol. The van der Waals surface area contributed by atoms with Crippen molar-refractivity contribution in [3.05, 3.63) is 59.5 Å². The van der Waals surface area contributed by atoms with Gasteiger partial charge in [0.05, 0.1) is 5.56 Å². The van der Waals surface area contributed by atoms with Crippen LogP contribution < -0.4 is 9.80 Å². The lowest BCUT2D eigenvalue weighted by atomic mass is 9.95. The minimum absolute atomic E-state index is 0.706. The molecule has 3 aromatic heterocycles. The molecule has 1 aliphatic carbocycles. The largest absolute Gasteiger partial charge is 0.353 e.